The van der Waals surface area contributed by atoms with Gasteiger partial charge in [-0.3, -0.25) is 4.79 Å². The molecule has 27 heavy (non-hydrogen) atoms. The number of anilines is 1. The molecule has 0 bridgehead atoms. The second-order valence-electron chi connectivity index (χ2n) is 6.44. The van der Waals surface area contributed by atoms with Crippen molar-refractivity contribution in [2.24, 2.45) is 5.92 Å². The van der Waals surface area contributed by atoms with Crippen molar-refractivity contribution < 1.29 is 32.3 Å². The first-order valence-electron chi connectivity index (χ1n) is 8.43. The number of carboxylic acid groups (broad SMARTS) is 1. The Hall–Kier alpha value is -2.78. The number of rotatable bonds is 5. The molecule has 1 atom stereocenters. The van der Waals surface area contributed by atoms with Crippen molar-refractivity contribution >= 4 is 29.0 Å². The third-order valence-corrected chi connectivity index (χ3v) is 4.47. The van der Waals surface area contributed by atoms with Crippen molar-refractivity contribution in [3.63, 3.8) is 0 Å². The quantitative estimate of drug-likeness (QED) is 0.821. The molecule has 2 aromatic rings. The number of hydrogen-bond donors (Lipinski definition) is 2. The Morgan fingerprint density at radius 3 is 2.56 bits per heavy atom. The summed E-state index contributed by atoms with van der Waals surface area (Å²) in [5.41, 5.74) is 1.35. The highest BCUT2D eigenvalue weighted by Crippen LogP contribution is 2.27. The highest BCUT2D eigenvalue weighted by molar-refractivity contribution is 5.85. The number of carbonyl (C=O) groups is 2. The summed E-state index contributed by atoms with van der Waals surface area (Å²) < 4.78 is 43.0. The molecule has 1 unspecified atom stereocenters. The van der Waals surface area contributed by atoms with Gasteiger partial charge >= 0.3 is 12.1 Å². The number of hydrogen-bond acceptors (Lipinski definition) is 5. The van der Waals surface area contributed by atoms with Crippen LogP contribution in [0.2, 0.25) is 0 Å². The summed E-state index contributed by atoms with van der Waals surface area (Å²) in [7, 11) is 0. The van der Waals surface area contributed by atoms with E-state index in [1.165, 1.54) is 0 Å². The highest BCUT2D eigenvalue weighted by Gasteiger charge is 2.37. The van der Waals surface area contributed by atoms with E-state index >= 15 is 0 Å². The van der Waals surface area contributed by atoms with E-state index in [2.05, 4.69) is 4.98 Å². The van der Waals surface area contributed by atoms with E-state index in [0.29, 0.717) is 43.0 Å². The summed E-state index contributed by atoms with van der Waals surface area (Å²) in [6, 6.07) is 5.72. The monoisotopic (exact) mass is 385 g/mol. The van der Waals surface area contributed by atoms with Crippen LogP contribution in [0, 0.1) is 5.92 Å². The number of benzene rings is 1. The maximum atomic E-state index is 12.4. The molecule has 2 heterocycles. The largest absolute Gasteiger partial charge is 0.480 e. The number of carboxylic acids is 1. The number of oxazole rings is 1. The molecule has 0 spiro atoms. The number of halogens is 3. The first-order valence-corrected chi connectivity index (χ1v) is 8.43. The van der Waals surface area contributed by atoms with Crippen molar-refractivity contribution in [3.8, 4) is 0 Å². The summed E-state index contributed by atoms with van der Waals surface area (Å²) in [5, 5.41) is 10.9. The molecule has 0 aliphatic carbocycles. The Kier molecular flexibility index (Phi) is 5.24. The van der Waals surface area contributed by atoms with Gasteiger partial charge in [-0.05, 0) is 25.0 Å². The van der Waals surface area contributed by atoms with E-state index in [4.69, 9.17) is 9.52 Å². The zero-order valence-corrected chi connectivity index (χ0v) is 14.2. The molecule has 0 radical (unpaired) electrons. The minimum atomic E-state index is -4.67. The van der Waals surface area contributed by atoms with Gasteiger partial charge < -0.3 is 19.7 Å². The number of aliphatic carboxylic acids is 1. The number of aromatic nitrogens is 1. The van der Waals surface area contributed by atoms with Crippen LogP contribution in [0.15, 0.2) is 28.7 Å². The molecule has 146 valence electrons. The minimum absolute atomic E-state index is 0.364. The van der Waals surface area contributed by atoms with E-state index in [-0.39, 0.29) is 0 Å². The number of fused-ring (bicyclic) bond motifs is 1. The summed E-state index contributed by atoms with van der Waals surface area (Å²) in [6.45, 7) is 0.865. The van der Waals surface area contributed by atoms with Crippen molar-refractivity contribution in [2.45, 2.75) is 31.5 Å². The van der Waals surface area contributed by atoms with Gasteiger partial charge in [-0.25, -0.2) is 4.79 Å². The lowest BCUT2D eigenvalue weighted by Gasteiger charge is -2.30. The highest BCUT2D eigenvalue weighted by atomic mass is 19.4. The Labute approximate surface area is 152 Å². The predicted molar refractivity (Wildman–Crippen MR) is 89.2 cm³/mol. The Morgan fingerprint density at radius 2 is 1.96 bits per heavy atom. The van der Waals surface area contributed by atoms with Gasteiger partial charge in [-0.1, -0.05) is 12.1 Å². The zero-order chi connectivity index (χ0) is 19.6. The first kappa shape index (κ1) is 19.0. The van der Waals surface area contributed by atoms with E-state index in [1.807, 2.05) is 28.4 Å². The average molecular weight is 385 g/mol. The van der Waals surface area contributed by atoms with Crippen LogP contribution in [0.5, 0.6) is 0 Å². The third kappa shape index (κ3) is 4.69. The second kappa shape index (κ2) is 7.45. The molecule has 3 rings (SSSR count). The fraction of sp³-hybridized carbons (Fsp3) is 0.471. The lowest BCUT2D eigenvalue weighted by atomic mass is 9.95. The fourth-order valence-corrected chi connectivity index (χ4v) is 3.05. The Morgan fingerprint density at radius 1 is 1.30 bits per heavy atom. The number of carbonyl (C=O) groups excluding carboxylic acids is 1. The lowest BCUT2D eigenvalue weighted by Crippen LogP contribution is -2.48. The summed E-state index contributed by atoms with van der Waals surface area (Å²) in [4.78, 5) is 29.4. The number of nitrogens with one attached hydrogen (secondary N) is 1. The average Bonchev–Trinajstić information content (AvgIpc) is 3.04. The maximum absolute atomic E-state index is 12.4. The molecule has 1 amide bonds. The van der Waals surface area contributed by atoms with Crippen LogP contribution in [-0.4, -0.2) is 47.3 Å². The van der Waals surface area contributed by atoms with Crippen molar-refractivity contribution in [1.29, 1.82) is 0 Å². The Balaban J connectivity index is 1.57. The van der Waals surface area contributed by atoms with Gasteiger partial charge in [0.1, 0.15) is 11.6 Å². The van der Waals surface area contributed by atoms with Crippen LogP contribution in [0.1, 0.15) is 19.3 Å². The van der Waals surface area contributed by atoms with Gasteiger partial charge in [-0.15, -0.1) is 0 Å². The summed E-state index contributed by atoms with van der Waals surface area (Å²) >= 11 is 0. The number of alkyl halides is 3. The van der Waals surface area contributed by atoms with E-state index in [1.54, 1.807) is 6.07 Å². The molecular formula is C17H18F3N3O4. The molecule has 2 N–H and O–H groups in total. The Bertz CT molecular complexity index is 795. The van der Waals surface area contributed by atoms with Gasteiger partial charge in [0, 0.05) is 19.0 Å². The molecule has 1 aromatic carbocycles. The molecule has 1 aromatic heterocycles. The molecule has 0 saturated carbocycles. The van der Waals surface area contributed by atoms with Crippen molar-refractivity contribution in [1.82, 2.24) is 10.3 Å². The molecule has 1 fully saturated rings. The van der Waals surface area contributed by atoms with Crippen LogP contribution >= 0.6 is 0 Å². The van der Waals surface area contributed by atoms with Crippen LogP contribution in [-0.2, 0) is 9.59 Å². The second-order valence-corrected chi connectivity index (χ2v) is 6.44. The number of para-hydroxylation sites is 2. The van der Waals surface area contributed by atoms with E-state index in [0.717, 1.165) is 0 Å². The van der Waals surface area contributed by atoms with Crippen LogP contribution in [0.4, 0.5) is 19.2 Å². The van der Waals surface area contributed by atoms with Crippen molar-refractivity contribution in [3.05, 3.63) is 24.3 Å². The molecule has 10 heteroatoms. The van der Waals surface area contributed by atoms with Gasteiger partial charge in [0.05, 0.1) is 6.42 Å². The van der Waals surface area contributed by atoms with Crippen LogP contribution in [0.3, 0.4) is 0 Å². The predicted octanol–water partition coefficient (Wildman–Crippen LogP) is 2.57. The SMILES string of the molecule is O=C(NC(CC(F)(F)F)C(=O)O)C1CCN(c2nc3ccccc3o2)CC1. The molecule has 7 nitrogen and oxygen atoms in total. The number of piperidine rings is 1. The van der Waals surface area contributed by atoms with Crippen LogP contribution < -0.4 is 10.2 Å². The van der Waals surface area contributed by atoms with Gasteiger partial charge in [0.2, 0.25) is 5.91 Å². The number of amides is 1. The lowest BCUT2D eigenvalue weighted by molar-refractivity contribution is -0.160. The maximum Gasteiger partial charge on any atom is 0.391 e. The first-order chi connectivity index (χ1) is 12.7. The van der Waals surface area contributed by atoms with Crippen LogP contribution in [0.25, 0.3) is 11.1 Å². The van der Waals surface area contributed by atoms with E-state index in [9.17, 15) is 22.8 Å². The standard InChI is InChI=1S/C17H18F3N3O4/c18-17(19,20)9-12(15(25)26)21-14(24)10-5-7-23(8-6-10)16-22-11-3-1-2-4-13(11)27-16/h1-4,10,12H,5-9H2,(H,21,24)(H,25,26). The van der Waals surface area contributed by atoms with Crippen molar-refractivity contribution in [2.75, 3.05) is 18.0 Å². The number of nitrogens with zero attached hydrogens (tertiary/aromatic N) is 2. The normalized spacial score (nSPS) is 17.1. The van der Waals surface area contributed by atoms with Gasteiger partial charge in [0.15, 0.2) is 5.58 Å². The smallest absolute Gasteiger partial charge is 0.391 e. The van der Waals surface area contributed by atoms with E-state index < -0.39 is 36.4 Å². The fourth-order valence-electron chi connectivity index (χ4n) is 3.05. The van der Waals surface area contributed by atoms with Gasteiger partial charge in [0.25, 0.3) is 6.01 Å². The zero-order valence-electron chi connectivity index (χ0n) is 14.2. The molecule has 1 aliphatic heterocycles. The summed E-state index contributed by atoms with van der Waals surface area (Å²) in [6.07, 6.45) is -5.55. The topological polar surface area (TPSA) is 95.7 Å². The summed E-state index contributed by atoms with van der Waals surface area (Å²) in [5.74, 6) is -2.94. The molecular weight excluding hydrogens is 367 g/mol. The molecule has 1 aliphatic rings. The third-order valence-electron chi connectivity index (χ3n) is 4.47. The van der Waals surface area contributed by atoms with Gasteiger partial charge in [-0.2, -0.15) is 18.2 Å². The molecule has 1 saturated heterocycles. The minimum Gasteiger partial charge on any atom is -0.480 e.